The van der Waals surface area contributed by atoms with Gasteiger partial charge in [0.2, 0.25) is 0 Å². The van der Waals surface area contributed by atoms with Gasteiger partial charge in [0.05, 0.1) is 6.20 Å². The highest BCUT2D eigenvalue weighted by Crippen LogP contribution is 2.18. The Labute approximate surface area is 114 Å². The van der Waals surface area contributed by atoms with E-state index in [9.17, 15) is 0 Å². The van der Waals surface area contributed by atoms with Crippen molar-refractivity contribution < 1.29 is 5.11 Å². The highest BCUT2D eigenvalue weighted by molar-refractivity contribution is 5.19. The molecule has 0 aliphatic carbocycles. The largest absolute Gasteiger partial charge is 0.396 e. The number of nitrogens with one attached hydrogen (secondary N) is 1. The predicted molar refractivity (Wildman–Crippen MR) is 75.6 cm³/mol. The zero-order valence-electron chi connectivity index (χ0n) is 11.3. The van der Waals surface area contributed by atoms with Crippen molar-refractivity contribution in [1.29, 1.82) is 0 Å². The van der Waals surface area contributed by atoms with Gasteiger partial charge in [0, 0.05) is 38.0 Å². The minimum Gasteiger partial charge on any atom is -0.396 e. The minimum absolute atomic E-state index is 0.234. The number of rotatable bonds is 7. The third kappa shape index (κ3) is 4.19. The van der Waals surface area contributed by atoms with Gasteiger partial charge in [-0.25, -0.2) is 0 Å². The van der Waals surface area contributed by atoms with Gasteiger partial charge in [0.1, 0.15) is 0 Å². The fraction of sp³-hybridized carbons (Fsp3) is 0.400. The molecular weight excluding hydrogens is 238 g/mol. The van der Waals surface area contributed by atoms with Gasteiger partial charge in [-0.15, -0.1) is 0 Å². The molecule has 1 heterocycles. The molecule has 2 N–H and O–H groups in total. The van der Waals surface area contributed by atoms with Crippen LogP contribution in [0.2, 0.25) is 0 Å². The zero-order valence-corrected chi connectivity index (χ0v) is 11.3. The average Bonchev–Trinajstić information content (AvgIpc) is 2.86. The van der Waals surface area contributed by atoms with E-state index in [0.29, 0.717) is 0 Å². The van der Waals surface area contributed by atoms with Gasteiger partial charge in [0.25, 0.3) is 0 Å². The molecule has 2 rings (SSSR count). The van der Waals surface area contributed by atoms with Crippen LogP contribution in [0.4, 0.5) is 0 Å². The fourth-order valence-electron chi connectivity index (χ4n) is 2.17. The molecule has 0 radical (unpaired) electrons. The highest BCUT2D eigenvalue weighted by Gasteiger charge is 2.10. The summed E-state index contributed by atoms with van der Waals surface area (Å²) in [6, 6.07) is 10.6. The monoisotopic (exact) mass is 259 g/mol. The summed E-state index contributed by atoms with van der Waals surface area (Å²) >= 11 is 0. The maximum absolute atomic E-state index is 9.01. The van der Waals surface area contributed by atoms with Crippen LogP contribution in [0, 0.1) is 0 Å². The van der Waals surface area contributed by atoms with Crippen LogP contribution in [0.15, 0.2) is 42.7 Å². The Bertz CT molecular complexity index is 481. The van der Waals surface area contributed by atoms with Crippen LogP contribution >= 0.6 is 0 Å². The molecule has 1 aromatic heterocycles. The van der Waals surface area contributed by atoms with E-state index in [4.69, 9.17) is 5.11 Å². The van der Waals surface area contributed by atoms with E-state index < -0.39 is 0 Å². The van der Waals surface area contributed by atoms with Crippen molar-refractivity contribution in [3.8, 4) is 0 Å². The van der Waals surface area contributed by atoms with Crippen molar-refractivity contribution >= 4 is 0 Å². The zero-order chi connectivity index (χ0) is 13.5. The number of aryl methyl sites for hydroxylation is 1. The minimum atomic E-state index is 0.234. The maximum atomic E-state index is 9.01. The summed E-state index contributed by atoms with van der Waals surface area (Å²) < 4.78 is 1.81. The van der Waals surface area contributed by atoms with E-state index >= 15 is 0 Å². The molecule has 0 saturated heterocycles. The number of hydrogen-bond acceptors (Lipinski definition) is 3. The first-order valence-electron chi connectivity index (χ1n) is 6.66. The van der Waals surface area contributed by atoms with Gasteiger partial charge in [-0.2, -0.15) is 5.10 Å². The van der Waals surface area contributed by atoms with Gasteiger partial charge in [-0.1, -0.05) is 30.3 Å². The van der Waals surface area contributed by atoms with Gasteiger partial charge in [0.15, 0.2) is 0 Å². The smallest absolute Gasteiger partial charge is 0.0534 e. The first kappa shape index (κ1) is 13.8. The number of nitrogens with zero attached hydrogens (tertiary/aromatic N) is 2. The molecule has 0 spiro atoms. The van der Waals surface area contributed by atoms with Crippen LogP contribution < -0.4 is 5.32 Å². The molecule has 0 aliphatic rings. The van der Waals surface area contributed by atoms with Gasteiger partial charge in [-0.3, -0.25) is 4.68 Å². The quantitative estimate of drug-likeness (QED) is 0.800. The molecular formula is C15H21N3O. The van der Waals surface area contributed by atoms with Crippen LogP contribution in [0.3, 0.4) is 0 Å². The Kier molecular flexibility index (Phi) is 5.12. The Hall–Kier alpha value is -1.65. The van der Waals surface area contributed by atoms with E-state index in [2.05, 4.69) is 22.5 Å². The average molecular weight is 259 g/mol. The lowest BCUT2D eigenvalue weighted by molar-refractivity contribution is 0.275. The van der Waals surface area contributed by atoms with E-state index in [1.807, 2.05) is 42.3 Å². The van der Waals surface area contributed by atoms with E-state index in [1.54, 1.807) is 0 Å². The summed E-state index contributed by atoms with van der Waals surface area (Å²) in [6.45, 7) is 1.02. The van der Waals surface area contributed by atoms with Crippen molar-refractivity contribution in [2.45, 2.75) is 25.4 Å². The van der Waals surface area contributed by atoms with Gasteiger partial charge < -0.3 is 10.4 Å². The molecule has 0 amide bonds. The second kappa shape index (κ2) is 7.07. The Balaban J connectivity index is 1.97. The van der Waals surface area contributed by atoms with Crippen LogP contribution in [-0.2, 0) is 13.6 Å². The molecule has 2 aromatic rings. The summed E-state index contributed by atoms with van der Waals surface area (Å²) in [7, 11) is 1.92. The number of aromatic nitrogens is 2. The number of hydrogen-bond donors (Lipinski definition) is 2. The summed E-state index contributed by atoms with van der Waals surface area (Å²) in [5.74, 6) is 0. The Morgan fingerprint density at radius 1 is 1.32 bits per heavy atom. The Morgan fingerprint density at radius 3 is 2.74 bits per heavy atom. The molecule has 4 heteroatoms. The van der Waals surface area contributed by atoms with Crippen LogP contribution in [0.1, 0.15) is 30.0 Å². The molecule has 4 nitrogen and oxygen atoms in total. The van der Waals surface area contributed by atoms with E-state index in [1.165, 1.54) is 11.1 Å². The highest BCUT2D eigenvalue weighted by atomic mass is 16.2. The number of aliphatic hydroxyl groups excluding tert-OH is 1. The molecule has 1 aromatic carbocycles. The first-order chi connectivity index (χ1) is 9.29. The summed E-state index contributed by atoms with van der Waals surface area (Å²) in [4.78, 5) is 0. The second-order valence-electron chi connectivity index (χ2n) is 4.73. The standard InChI is InChI=1S/C15H21N3O/c1-18-12-13(11-17-18)10-16-15(8-5-9-19)14-6-3-2-4-7-14/h2-4,6-7,11-12,15-16,19H,5,8-10H2,1H3. The lowest BCUT2D eigenvalue weighted by Crippen LogP contribution is -2.21. The van der Waals surface area contributed by atoms with Crippen molar-refractivity contribution in [1.82, 2.24) is 15.1 Å². The third-order valence-electron chi connectivity index (χ3n) is 3.16. The SMILES string of the molecule is Cn1cc(CNC(CCCO)c2ccccc2)cn1. The van der Waals surface area contributed by atoms with E-state index in [-0.39, 0.29) is 12.6 Å². The van der Waals surface area contributed by atoms with Gasteiger partial charge in [-0.05, 0) is 18.4 Å². The van der Waals surface area contributed by atoms with Crippen molar-refractivity contribution in [2.24, 2.45) is 7.05 Å². The normalized spacial score (nSPS) is 12.5. The maximum Gasteiger partial charge on any atom is 0.0534 e. The lowest BCUT2D eigenvalue weighted by Gasteiger charge is -2.18. The topological polar surface area (TPSA) is 50.1 Å². The van der Waals surface area contributed by atoms with Crippen molar-refractivity contribution in [3.63, 3.8) is 0 Å². The molecule has 1 unspecified atom stereocenters. The van der Waals surface area contributed by atoms with Crippen molar-refractivity contribution in [2.75, 3.05) is 6.61 Å². The summed E-state index contributed by atoms with van der Waals surface area (Å²) in [5.41, 5.74) is 2.44. The first-order valence-corrected chi connectivity index (χ1v) is 6.66. The van der Waals surface area contributed by atoms with Crippen LogP contribution in [0.5, 0.6) is 0 Å². The lowest BCUT2D eigenvalue weighted by atomic mass is 10.0. The third-order valence-corrected chi connectivity index (χ3v) is 3.16. The fourth-order valence-corrected chi connectivity index (χ4v) is 2.17. The second-order valence-corrected chi connectivity index (χ2v) is 4.73. The molecule has 0 fully saturated rings. The molecule has 0 saturated carbocycles. The summed E-state index contributed by atoms with van der Waals surface area (Å²) in [5, 5.41) is 16.7. The van der Waals surface area contributed by atoms with Gasteiger partial charge >= 0.3 is 0 Å². The van der Waals surface area contributed by atoms with E-state index in [0.717, 1.165) is 19.4 Å². The molecule has 0 aliphatic heterocycles. The van der Waals surface area contributed by atoms with Crippen LogP contribution in [0.25, 0.3) is 0 Å². The Morgan fingerprint density at radius 2 is 2.11 bits per heavy atom. The number of aliphatic hydroxyl groups is 1. The molecule has 102 valence electrons. The number of benzene rings is 1. The summed E-state index contributed by atoms with van der Waals surface area (Å²) in [6.07, 6.45) is 5.63. The predicted octanol–water partition coefficient (Wildman–Crippen LogP) is 2.02. The molecule has 19 heavy (non-hydrogen) atoms. The van der Waals surface area contributed by atoms with Crippen molar-refractivity contribution in [3.05, 3.63) is 53.9 Å². The van der Waals surface area contributed by atoms with Crippen LogP contribution in [-0.4, -0.2) is 21.5 Å². The molecule has 0 bridgehead atoms. The molecule has 1 atom stereocenters.